The molecule has 0 saturated heterocycles. The molecule has 1 N–H and O–H groups in total. The summed E-state index contributed by atoms with van der Waals surface area (Å²) in [6, 6.07) is 18.1. The highest BCUT2D eigenvalue weighted by Gasteiger charge is 2.13. The third-order valence-corrected chi connectivity index (χ3v) is 3.68. The first-order chi connectivity index (χ1) is 12.1. The van der Waals surface area contributed by atoms with E-state index in [9.17, 15) is 18.8 Å². The number of carbonyl (C=O) groups is 1. The average molecular weight is 334 g/mol. The molecule has 0 atom stereocenters. The van der Waals surface area contributed by atoms with E-state index in [2.05, 4.69) is 5.32 Å². The number of nitrogens with zero attached hydrogens (tertiary/aromatic N) is 1. The van der Waals surface area contributed by atoms with Crippen LogP contribution in [0.15, 0.2) is 66.2 Å². The Balaban J connectivity index is 1.94. The van der Waals surface area contributed by atoms with Crippen LogP contribution in [0.4, 0.5) is 14.5 Å². The molecule has 0 spiro atoms. The normalized spacial score (nSPS) is 11.2. The smallest absolute Gasteiger partial charge is 0.266 e. The van der Waals surface area contributed by atoms with Gasteiger partial charge in [0.1, 0.15) is 11.6 Å². The summed E-state index contributed by atoms with van der Waals surface area (Å²) in [5, 5.41) is 13.6. The fourth-order valence-corrected chi connectivity index (χ4v) is 2.46. The Morgan fingerprint density at radius 3 is 2.52 bits per heavy atom. The van der Waals surface area contributed by atoms with Crippen LogP contribution < -0.4 is 5.32 Å². The largest absolute Gasteiger partial charge is 0.321 e. The molecule has 3 rings (SSSR count). The standard InChI is InChI=1S/C20H12F2N2O/c21-17-9-3-7-14(19(17)22)11-15(12-23)20(25)24-18-10-4-6-13-5-1-2-8-16(13)18/h1-11H,(H,24,25)/b15-11-. The molecule has 5 heteroatoms. The first-order valence-electron chi connectivity index (χ1n) is 7.45. The summed E-state index contributed by atoms with van der Waals surface area (Å²) in [5.41, 5.74) is 0.0472. The van der Waals surface area contributed by atoms with Gasteiger partial charge in [-0.2, -0.15) is 5.26 Å². The lowest BCUT2D eigenvalue weighted by Crippen LogP contribution is -2.13. The van der Waals surface area contributed by atoms with Crippen molar-refractivity contribution in [3.8, 4) is 6.07 Å². The molecular formula is C20H12F2N2O. The van der Waals surface area contributed by atoms with Crippen LogP contribution >= 0.6 is 0 Å². The van der Waals surface area contributed by atoms with Gasteiger partial charge in [-0.25, -0.2) is 8.78 Å². The molecule has 0 heterocycles. The summed E-state index contributed by atoms with van der Waals surface area (Å²) >= 11 is 0. The van der Waals surface area contributed by atoms with Gasteiger partial charge in [-0.3, -0.25) is 4.79 Å². The molecule has 1 amide bonds. The maximum Gasteiger partial charge on any atom is 0.266 e. The number of hydrogen-bond acceptors (Lipinski definition) is 2. The van der Waals surface area contributed by atoms with Gasteiger partial charge in [0.05, 0.1) is 0 Å². The predicted molar refractivity (Wildman–Crippen MR) is 92.5 cm³/mol. The van der Waals surface area contributed by atoms with E-state index in [0.29, 0.717) is 5.69 Å². The number of halogens is 2. The number of hydrogen-bond donors (Lipinski definition) is 1. The number of anilines is 1. The van der Waals surface area contributed by atoms with E-state index >= 15 is 0 Å². The van der Waals surface area contributed by atoms with Crippen molar-refractivity contribution >= 4 is 28.4 Å². The molecule has 3 nitrogen and oxygen atoms in total. The van der Waals surface area contributed by atoms with Crippen molar-refractivity contribution in [2.45, 2.75) is 0 Å². The van der Waals surface area contributed by atoms with Crippen LogP contribution in [-0.2, 0) is 4.79 Å². The first kappa shape index (κ1) is 16.3. The molecule has 0 unspecified atom stereocenters. The van der Waals surface area contributed by atoms with Crippen LogP contribution in [0, 0.1) is 23.0 Å². The van der Waals surface area contributed by atoms with Gasteiger partial charge in [-0.05, 0) is 23.6 Å². The summed E-state index contributed by atoms with van der Waals surface area (Å²) in [6.07, 6.45) is 1.03. The minimum absolute atomic E-state index is 0.162. The number of nitriles is 1. The molecule has 0 radical (unpaired) electrons. The molecule has 0 fully saturated rings. The molecule has 3 aromatic carbocycles. The van der Waals surface area contributed by atoms with Gasteiger partial charge < -0.3 is 5.32 Å². The number of nitrogens with one attached hydrogen (secondary N) is 1. The number of benzene rings is 3. The molecule has 0 aliphatic rings. The SMILES string of the molecule is N#C/C(=C/c1cccc(F)c1F)C(=O)Nc1cccc2ccccc12. The quantitative estimate of drug-likeness (QED) is 0.559. The molecule has 0 aromatic heterocycles. The van der Waals surface area contributed by atoms with Crippen molar-refractivity contribution in [2.75, 3.05) is 5.32 Å². The van der Waals surface area contributed by atoms with Gasteiger partial charge in [0.2, 0.25) is 0 Å². The topological polar surface area (TPSA) is 52.9 Å². The predicted octanol–water partition coefficient (Wildman–Crippen LogP) is 4.66. The second-order valence-electron chi connectivity index (χ2n) is 5.29. The van der Waals surface area contributed by atoms with E-state index in [1.807, 2.05) is 30.3 Å². The van der Waals surface area contributed by atoms with Crippen LogP contribution in [0.5, 0.6) is 0 Å². The number of fused-ring (bicyclic) bond motifs is 1. The van der Waals surface area contributed by atoms with Crippen LogP contribution in [0.2, 0.25) is 0 Å². The third-order valence-electron chi connectivity index (χ3n) is 3.68. The number of amides is 1. The van der Waals surface area contributed by atoms with Crippen LogP contribution in [0.1, 0.15) is 5.56 Å². The van der Waals surface area contributed by atoms with Gasteiger partial charge in [-0.15, -0.1) is 0 Å². The summed E-state index contributed by atoms with van der Waals surface area (Å²) in [5.74, 6) is -2.84. The number of carbonyl (C=O) groups excluding carboxylic acids is 1. The molecule has 0 aliphatic carbocycles. The minimum atomic E-state index is -1.10. The number of rotatable bonds is 3. The van der Waals surface area contributed by atoms with E-state index in [4.69, 9.17) is 0 Å². The lowest BCUT2D eigenvalue weighted by Gasteiger charge is -2.08. The first-order valence-corrected chi connectivity index (χ1v) is 7.45. The monoisotopic (exact) mass is 334 g/mol. The van der Waals surface area contributed by atoms with Gasteiger partial charge >= 0.3 is 0 Å². The van der Waals surface area contributed by atoms with Crippen LogP contribution in [0.25, 0.3) is 16.8 Å². The van der Waals surface area contributed by atoms with E-state index in [1.54, 1.807) is 18.2 Å². The van der Waals surface area contributed by atoms with Gasteiger partial charge in [-0.1, -0.05) is 48.5 Å². The Hall–Kier alpha value is -3.52. The fourth-order valence-electron chi connectivity index (χ4n) is 2.46. The van der Waals surface area contributed by atoms with Crippen molar-refractivity contribution < 1.29 is 13.6 Å². The summed E-state index contributed by atoms with van der Waals surface area (Å²) in [4.78, 5) is 12.4. The van der Waals surface area contributed by atoms with Crippen molar-refractivity contribution in [2.24, 2.45) is 0 Å². The van der Waals surface area contributed by atoms with E-state index < -0.39 is 17.5 Å². The zero-order chi connectivity index (χ0) is 17.8. The van der Waals surface area contributed by atoms with E-state index in [1.165, 1.54) is 12.1 Å². The molecule has 25 heavy (non-hydrogen) atoms. The Morgan fingerprint density at radius 1 is 1.00 bits per heavy atom. The second-order valence-corrected chi connectivity index (χ2v) is 5.29. The average Bonchev–Trinajstić information content (AvgIpc) is 2.63. The second kappa shape index (κ2) is 6.93. The fraction of sp³-hybridized carbons (Fsp3) is 0. The molecular weight excluding hydrogens is 322 g/mol. The molecule has 0 saturated carbocycles. The Labute approximate surface area is 142 Å². The minimum Gasteiger partial charge on any atom is -0.321 e. The summed E-state index contributed by atoms with van der Waals surface area (Å²) in [7, 11) is 0. The maximum atomic E-state index is 13.7. The van der Waals surface area contributed by atoms with E-state index in [0.717, 1.165) is 22.9 Å². The molecule has 122 valence electrons. The Morgan fingerprint density at radius 2 is 1.72 bits per heavy atom. The third kappa shape index (κ3) is 3.38. The van der Waals surface area contributed by atoms with Crippen molar-refractivity contribution in [3.05, 3.63) is 83.4 Å². The lowest BCUT2D eigenvalue weighted by atomic mass is 10.1. The highest BCUT2D eigenvalue weighted by Crippen LogP contribution is 2.24. The van der Waals surface area contributed by atoms with Crippen molar-refractivity contribution in [1.82, 2.24) is 0 Å². The molecule has 3 aromatic rings. The zero-order valence-electron chi connectivity index (χ0n) is 13.0. The maximum absolute atomic E-state index is 13.7. The summed E-state index contributed by atoms with van der Waals surface area (Å²) in [6.45, 7) is 0. The van der Waals surface area contributed by atoms with Gasteiger partial charge in [0.25, 0.3) is 5.91 Å². The Bertz CT molecular complexity index is 1030. The van der Waals surface area contributed by atoms with Gasteiger partial charge in [0, 0.05) is 16.6 Å². The highest BCUT2D eigenvalue weighted by molar-refractivity contribution is 6.12. The van der Waals surface area contributed by atoms with E-state index in [-0.39, 0.29) is 11.1 Å². The van der Waals surface area contributed by atoms with Crippen LogP contribution in [-0.4, -0.2) is 5.91 Å². The van der Waals surface area contributed by atoms with Crippen molar-refractivity contribution in [3.63, 3.8) is 0 Å². The lowest BCUT2D eigenvalue weighted by molar-refractivity contribution is -0.112. The van der Waals surface area contributed by atoms with Crippen LogP contribution in [0.3, 0.4) is 0 Å². The highest BCUT2D eigenvalue weighted by atomic mass is 19.2. The summed E-state index contributed by atoms with van der Waals surface area (Å²) < 4.78 is 27.0. The molecule has 0 bridgehead atoms. The molecule has 0 aliphatic heterocycles. The van der Waals surface area contributed by atoms with Gasteiger partial charge in [0.15, 0.2) is 11.6 Å². The van der Waals surface area contributed by atoms with Crippen molar-refractivity contribution in [1.29, 1.82) is 5.26 Å². The Kier molecular flexibility index (Phi) is 4.53. The zero-order valence-corrected chi connectivity index (χ0v) is 13.0.